The summed E-state index contributed by atoms with van der Waals surface area (Å²) in [6.45, 7) is -0.0146. The fourth-order valence-corrected chi connectivity index (χ4v) is 3.55. The molecule has 5 nitrogen and oxygen atoms in total. The van der Waals surface area contributed by atoms with Crippen LogP contribution in [0.2, 0.25) is 0 Å². The van der Waals surface area contributed by atoms with Crippen molar-refractivity contribution in [1.29, 1.82) is 0 Å². The zero-order valence-corrected chi connectivity index (χ0v) is 16.9. The molecule has 0 atom stereocenters. The first-order valence-electron chi connectivity index (χ1n) is 7.80. The first kappa shape index (κ1) is 19.3. The zero-order chi connectivity index (χ0) is 19.4. The van der Waals surface area contributed by atoms with Crippen molar-refractivity contribution < 1.29 is 23.4 Å². The van der Waals surface area contributed by atoms with Crippen LogP contribution in [-0.2, 0) is 11.3 Å². The van der Waals surface area contributed by atoms with E-state index in [1.54, 1.807) is 12.5 Å². The largest absolute Gasteiger partial charge is 0.496 e. The van der Waals surface area contributed by atoms with E-state index in [1.807, 2.05) is 18.2 Å². The second-order valence-corrected chi connectivity index (χ2v) is 7.19. The maximum Gasteiger partial charge on any atom is 0.338 e. The number of carbonyl (C=O) groups is 1. The molecule has 0 aliphatic carbocycles. The topological polar surface area (TPSA) is 57.7 Å². The molecule has 3 aromatic rings. The van der Waals surface area contributed by atoms with Crippen LogP contribution in [0.3, 0.4) is 0 Å². The lowest BCUT2D eigenvalue weighted by Gasteiger charge is -2.06. The van der Waals surface area contributed by atoms with Crippen molar-refractivity contribution in [1.82, 2.24) is 4.98 Å². The van der Waals surface area contributed by atoms with Gasteiger partial charge < -0.3 is 14.2 Å². The molecule has 0 radical (unpaired) electrons. The van der Waals surface area contributed by atoms with E-state index in [-0.39, 0.29) is 17.9 Å². The van der Waals surface area contributed by atoms with Gasteiger partial charge in [0, 0.05) is 9.85 Å². The fraction of sp³-hybridized carbons (Fsp3) is 0.158. The molecule has 0 N–H and O–H groups in total. The third-order valence-corrected chi connectivity index (χ3v) is 5.10. The molecule has 0 saturated carbocycles. The van der Waals surface area contributed by atoms with E-state index in [0.717, 1.165) is 21.1 Å². The summed E-state index contributed by atoms with van der Waals surface area (Å²) in [6, 6.07) is 9.55. The van der Waals surface area contributed by atoms with Gasteiger partial charge in [0.1, 0.15) is 17.4 Å². The molecule has 0 bridgehead atoms. The lowest BCUT2D eigenvalue weighted by Crippen LogP contribution is -2.06. The average Bonchev–Trinajstić information content (AvgIpc) is 3.15. The monoisotopic (exact) mass is 451 g/mol. The van der Waals surface area contributed by atoms with E-state index in [2.05, 4.69) is 20.9 Å². The van der Waals surface area contributed by atoms with E-state index < -0.39 is 11.8 Å². The molecule has 2 aromatic carbocycles. The highest BCUT2D eigenvalue weighted by Gasteiger charge is 2.14. The van der Waals surface area contributed by atoms with Gasteiger partial charge in [0.25, 0.3) is 0 Å². The van der Waals surface area contributed by atoms with E-state index in [9.17, 15) is 9.18 Å². The third-order valence-electron chi connectivity index (χ3n) is 3.68. The van der Waals surface area contributed by atoms with Crippen LogP contribution in [-0.4, -0.2) is 25.2 Å². The third kappa shape index (κ3) is 4.45. The summed E-state index contributed by atoms with van der Waals surface area (Å²) in [5, 5.41) is 2.55. The number of esters is 1. The zero-order valence-electron chi connectivity index (χ0n) is 14.5. The standard InChI is InChI=1S/C19H15BrFNO4S/c1-24-16-6-4-12(20)8-14(16)18-22-13(10-27-18)9-26-19(23)11-3-5-17(25-2)15(21)7-11/h3-8,10H,9H2,1-2H3. The SMILES string of the molecule is COc1ccc(C(=O)OCc2csc(-c3cc(Br)ccc3OC)n2)cc1F. The lowest BCUT2D eigenvalue weighted by molar-refractivity contribution is 0.0468. The second-order valence-electron chi connectivity index (χ2n) is 5.41. The van der Waals surface area contributed by atoms with Gasteiger partial charge in [-0.2, -0.15) is 0 Å². The van der Waals surface area contributed by atoms with Crippen molar-refractivity contribution in [3.63, 3.8) is 0 Å². The van der Waals surface area contributed by atoms with Gasteiger partial charge in [-0.3, -0.25) is 0 Å². The Kier molecular flexibility index (Phi) is 6.08. The molecule has 0 aliphatic rings. The maximum atomic E-state index is 13.7. The molecule has 0 fully saturated rings. The van der Waals surface area contributed by atoms with E-state index >= 15 is 0 Å². The smallest absolute Gasteiger partial charge is 0.338 e. The molecule has 1 heterocycles. The van der Waals surface area contributed by atoms with Crippen molar-refractivity contribution >= 4 is 33.2 Å². The van der Waals surface area contributed by atoms with Crippen molar-refractivity contribution in [3.05, 3.63) is 63.3 Å². The first-order chi connectivity index (χ1) is 13.0. The molecular formula is C19H15BrFNO4S. The molecule has 0 amide bonds. The van der Waals surface area contributed by atoms with Crippen LogP contribution >= 0.6 is 27.3 Å². The highest BCUT2D eigenvalue weighted by molar-refractivity contribution is 9.10. The first-order valence-corrected chi connectivity index (χ1v) is 9.48. The van der Waals surface area contributed by atoms with E-state index in [4.69, 9.17) is 14.2 Å². The molecule has 1 aromatic heterocycles. The van der Waals surface area contributed by atoms with Gasteiger partial charge in [0.15, 0.2) is 11.6 Å². The predicted molar refractivity (Wildman–Crippen MR) is 104 cm³/mol. The minimum atomic E-state index is -0.633. The highest BCUT2D eigenvalue weighted by Crippen LogP contribution is 2.34. The Morgan fingerprint density at radius 1 is 1.15 bits per heavy atom. The van der Waals surface area contributed by atoms with Crippen LogP contribution in [0.15, 0.2) is 46.3 Å². The van der Waals surface area contributed by atoms with Crippen molar-refractivity contribution in [2.24, 2.45) is 0 Å². The second kappa shape index (κ2) is 8.49. The Morgan fingerprint density at radius 2 is 1.89 bits per heavy atom. The van der Waals surface area contributed by atoms with E-state index in [1.165, 1.54) is 30.6 Å². The highest BCUT2D eigenvalue weighted by atomic mass is 79.9. The number of thiazole rings is 1. The number of carbonyl (C=O) groups excluding carboxylic acids is 1. The van der Waals surface area contributed by atoms with Crippen LogP contribution < -0.4 is 9.47 Å². The molecule has 0 unspecified atom stereocenters. The van der Waals surface area contributed by atoms with Gasteiger partial charge in [-0.05, 0) is 36.4 Å². The number of methoxy groups -OCH3 is 2. The van der Waals surface area contributed by atoms with Crippen molar-refractivity contribution in [3.8, 4) is 22.1 Å². The molecule has 0 aliphatic heterocycles. The molecule has 140 valence electrons. The van der Waals surface area contributed by atoms with Gasteiger partial charge in [-0.25, -0.2) is 14.2 Å². The van der Waals surface area contributed by atoms with Crippen molar-refractivity contribution in [2.45, 2.75) is 6.61 Å². The van der Waals surface area contributed by atoms with Crippen LogP contribution in [0, 0.1) is 5.82 Å². The lowest BCUT2D eigenvalue weighted by atomic mass is 10.2. The average molecular weight is 452 g/mol. The molecule has 8 heteroatoms. The normalized spacial score (nSPS) is 10.5. The number of benzene rings is 2. The summed E-state index contributed by atoms with van der Waals surface area (Å²) < 4.78 is 30.0. The number of nitrogens with zero attached hydrogens (tertiary/aromatic N) is 1. The van der Waals surface area contributed by atoms with Crippen LogP contribution in [0.4, 0.5) is 4.39 Å². The molecule has 0 spiro atoms. The molecular weight excluding hydrogens is 437 g/mol. The number of hydrogen-bond donors (Lipinski definition) is 0. The van der Waals surface area contributed by atoms with Gasteiger partial charge in [0.05, 0.1) is 31.0 Å². The summed E-state index contributed by atoms with van der Waals surface area (Å²) in [5.41, 5.74) is 1.54. The summed E-state index contributed by atoms with van der Waals surface area (Å²) in [5.74, 6) is -0.487. The number of hydrogen-bond acceptors (Lipinski definition) is 6. The quantitative estimate of drug-likeness (QED) is 0.488. The Bertz CT molecular complexity index is 976. The molecule has 3 rings (SSSR count). The van der Waals surface area contributed by atoms with Crippen LogP contribution in [0.1, 0.15) is 16.1 Å². The van der Waals surface area contributed by atoms with Crippen molar-refractivity contribution in [2.75, 3.05) is 14.2 Å². The van der Waals surface area contributed by atoms with Gasteiger partial charge in [-0.1, -0.05) is 15.9 Å². The summed E-state index contributed by atoms with van der Waals surface area (Å²) in [7, 11) is 2.95. The number of rotatable bonds is 6. The Balaban J connectivity index is 1.70. The Hall–Kier alpha value is -2.45. The molecule has 0 saturated heterocycles. The summed E-state index contributed by atoms with van der Waals surface area (Å²) >= 11 is 4.85. The minimum Gasteiger partial charge on any atom is -0.496 e. The Morgan fingerprint density at radius 3 is 2.59 bits per heavy atom. The summed E-state index contributed by atoms with van der Waals surface area (Å²) in [4.78, 5) is 16.6. The molecule has 27 heavy (non-hydrogen) atoms. The fourth-order valence-electron chi connectivity index (χ4n) is 2.36. The summed E-state index contributed by atoms with van der Waals surface area (Å²) in [6.07, 6.45) is 0. The Labute approximate surface area is 167 Å². The van der Waals surface area contributed by atoms with E-state index in [0.29, 0.717) is 11.4 Å². The number of aromatic nitrogens is 1. The minimum absolute atomic E-state index is 0.0146. The number of halogens is 2. The van der Waals surface area contributed by atoms with Gasteiger partial charge in [0.2, 0.25) is 0 Å². The van der Waals surface area contributed by atoms with Crippen LogP contribution in [0.25, 0.3) is 10.6 Å². The van der Waals surface area contributed by atoms with Gasteiger partial charge in [-0.15, -0.1) is 11.3 Å². The number of ether oxygens (including phenoxy) is 3. The van der Waals surface area contributed by atoms with Gasteiger partial charge >= 0.3 is 5.97 Å². The maximum absolute atomic E-state index is 13.7. The van der Waals surface area contributed by atoms with Crippen LogP contribution in [0.5, 0.6) is 11.5 Å². The predicted octanol–water partition coefficient (Wildman–Crippen LogP) is 5.09.